The zero-order valence-corrected chi connectivity index (χ0v) is 11.6. The average Bonchev–Trinajstić information content (AvgIpc) is 2.41. The summed E-state index contributed by atoms with van der Waals surface area (Å²) in [5.74, 6) is 0. The second-order valence-corrected chi connectivity index (χ2v) is 5.73. The lowest BCUT2D eigenvalue weighted by molar-refractivity contribution is 0.0168. The Bertz CT molecular complexity index is 248. The molecule has 1 rings (SSSR count). The van der Waals surface area contributed by atoms with Gasteiger partial charge in [-0.25, -0.2) is 4.79 Å². The van der Waals surface area contributed by atoms with Crippen molar-refractivity contribution in [1.29, 1.82) is 0 Å². The van der Waals surface area contributed by atoms with Crippen LogP contribution in [-0.4, -0.2) is 42.8 Å². The normalized spacial score (nSPS) is 22.1. The molecule has 1 atom stereocenters. The first kappa shape index (κ1) is 14.3. The number of likely N-dealkylation sites (tertiary alicyclic amines) is 1. The third-order valence-electron chi connectivity index (χ3n) is 2.94. The molecule has 1 N–H and O–H groups in total. The molecule has 0 aromatic carbocycles. The lowest BCUT2D eigenvalue weighted by Gasteiger charge is -2.32. The summed E-state index contributed by atoms with van der Waals surface area (Å²) in [7, 11) is 1.93. The Morgan fingerprint density at radius 1 is 1.35 bits per heavy atom. The molecule has 1 heterocycles. The van der Waals surface area contributed by atoms with E-state index in [1.807, 2.05) is 32.7 Å². The lowest BCUT2D eigenvalue weighted by Crippen LogP contribution is -2.46. The summed E-state index contributed by atoms with van der Waals surface area (Å²) < 4.78 is 5.47. The summed E-state index contributed by atoms with van der Waals surface area (Å²) in [4.78, 5) is 14.0. The fraction of sp³-hybridized carbons (Fsp3) is 0.923. The first-order valence-corrected chi connectivity index (χ1v) is 6.58. The van der Waals surface area contributed by atoms with Gasteiger partial charge in [-0.1, -0.05) is 12.8 Å². The van der Waals surface area contributed by atoms with Crippen LogP contribution in [0.25, 0.3) is 0 Å². The van der Waals surface area contributed by atoms with E-state index in [0.29, 0.717) is 0 Å². The minimum absolute atomic E-state index is 0.167. The highest BCUT2D eigenvalue weighted by molar-refractivity contribution is 5.68. The Balaban J connectivity index is 2.64. The van der Waals surface area contributed by atoms with Gasteiger partial charge in [0, 0.05) is 19.1 Å². The molecule has 4 nitrogen and oxygen atoms in total. The van der Waals surface area contributed by atoms with Crippen LogP contribution >= 0.6 is 0 Å². The van der Waals surface area contributed by atoms with Crippen molar-refractivity contribution in [2.45, 2.75) is 58.1 Å². The van der Waals surface area contributed by atoms with Crippen molar-refractivity contribution < 1.29 is 9.53 Å². The highest BCUT2D eigenvalue weighted by atomic mass is 16.6. The molecular weight excluding hydrogens is 216 g/mol. The van der Waals surface area contributed by atoms with Gasteiger partial charge in [-0.2, -0.15) is 0 Å². The molecule has 0 saturated carbocycles. The third kappa shape index (κ3) is 4.94. The van der Waals surface area contributed by atoms with Crippen molar-refractivity contribution in [3.05, 3.63) is 0 Å². The van der Waals surface area contributed by atoms with Crippen molar-refractivity contribution >= 4 is 6.09 Å². The van der Waals surface area contributed by atoms with Crippen molar-refractivity contribution in [2.24, 2.45) is 0 Å². The van der Waals surface area contributed by atoms with Gasteiger partial charge in [0.25, 0.3) is 0 Å². The zero-order chi connectivity index (χ0) is 12.9. The Morgan fingerprint density at radius 3 is 2.65 bits per heavy atom. The Kier molecular flexibility index (Phi) is 5.25. The number of amides is 1. The number of carbonyl (C=O) groups excluding carboxylic acids is 1. The number of rotatable bonds is 2. The van der Waals surface area contributed by atoms with Gasteiger partial charge in [0.2, 0.25) is 0 Å². The second-order valence-electron chi connectivity index (χ2n) is 5.73. The minimum atomic E-state index is -0.409. The molecule has 0 aromatic rings. The quantitative estimate of drug-likeness (QED) is 0.808. The van der Waals surface area contributed by atoms with E-state index in [9.17, 15) is 4.79 Å². The molecule has 0 aliphatic carbocycles. The van der Waals surface area contributed by atoms with Crippen LogP contribution in [0.5, 0.6) is 0 Å². The van der Waals surface area contributed by atoms with Crippen LogP contribution in [0.2, 0.25) is 0 Å². The van der Waals surface area contributed by atoms with Gasteiger partial charge in [-0.15, -0.1) is 0 Å². The highest BCUT2D eigenvalue weighted by Gasteiger charge is 2.28. The van der Waals surface area contributed by atoms with Gasteiger partial charge in [0.05, 0.1) is 0 Å². The van der Waals surface area contributed by atoms with E-state index in [1.165, 1.54) is 12.8 Å². The summed E-state index contributed by atoms with van der Waals surface area (Å²) in [6.07, 6.45) is 4.39. The van der Waals surface area contributed by atoms with Crippen LogP contribution in [0.1, 0.15) is 46.5 Å². The van der Waals surface area contributed by atoms with Gasteiger partial charge in [0.15, 0.2) is 0 Å². The molecule has 0 radical (unpaired) electrons. The van der Waals surface area contributed by atoms with Crippen LogP contribution in [0.3, 0.4) is 0 Å². The van der Waals surface area contributed by atoms with Gasteiger partial charge in [0.1, 0.15) is 5.60 Å². The highest BCUT2D eigenvalue weighted by Crippen LogP contribution is 2.19. The molecule has 1 amide bonds. The van der Waals surface area contributed by atoms with E-state index < -0.39 is 5.60 Å². The van der Waals surface area contributed by atoms with Gasteiger partial charge in [-0.3, -0.25) is 0 Å². The largest absolute Gasteiger partial charge is 0.444 e. The topological polar surface area (TPSA) is 41.6 Å². The van der Waals surface area contributed by atoms with Crippen molar-refractivity contribution in [3.63, 3.8) is 0 Å². The van der Waals surface area contributed by atoms with Gasteiger partial charge in [-0.05, 0) is 40.7 Å². The third-order valence-corrected chi connectivity index (χ3v) is 2.94. The average molecular weight is 242 g/mol. The molecule has 0 aromatic heterocycles. The van der Waals surface area contributed by atoms with Crippen LogP contribution in [-0.2, 0) is 4.74 Å². The molecule has 17 heavy (non-hydrogen) atoms. The summed E-state index contributed by atoms with van der Waals surface area (Å²) >= 11 is 0. The van der Waals surface area contributed by atoms with Crippen molar-refractivity contribution in [3.8, 4) is 0 Å². The minimum Gasteiger partial charge on any atom is -0.444 e. The SMILES string of the molecule is CNCC1CCCCCN1C(=O)OC(C)(C)C. The summed E-state index contributed by atoms with van der Waals surface area (Å²) in [6.45, 7) is 7.40. The van der Waals surface area contributed by atoms with E-state index in [1.54, 1.807) is 0 Å². The van der Waals surface area contributed by atoms with Crippen LogP contribution in [0, 0.1) is 0 Å². The molecule has 1 unspecified atom stereocenters. The smallest absolute Gasteiger partial charge is 0.410 e. The Morgan fingerprint density at radius 2 is 2.06 bits per heavy atom. The molecular formula is C13H26N2O2. The predicted octanol–water partition coefficient (Wildman–Crippen LogP) is 2.39. The maximum absolute atomic E-state index is 12.1. The maximum atomic E-state index is 12.1. The van der Waals surface area contributed by atoms with Crippen molar-refractivity contribution in [1.82, 2.24) is 10.2 Å². The fourth-order valence-electron chi connectivity index (χ4n) is 2.19. The molecule has 1 saturated heterocycles. The first-order chi connectivity index (χ1) is 7.94. The molecule has 1 aliphatic heterocycles. The maximum Gasteiger partial charge on any atom is 0.410 e. The number of likely N-dealkylation sites (N-methyl/N-ethyl adjacent to an activating group) is 1. The van der Waals surface area contributed by atoms with Crippen LogP contribution in [0.15, 0.2) is 0 Å². The van der Waals surface area contributed by atoms with Crippen LogP contribution < -0.4 is 5.32 Å². The predicted molar refractivity (Wildman–Crippen MR) is 69.1 cm³/mol. The fourth-order valence-corrected chi connectivity index (χ4v) is 2.19. The Hall–Kier alpha value is -0.770. The first-order valence-electron chi connectivity index (χ1n) is 6.58. The van der Waals surface area contributed by atoms with E-state index in [-0.39, 0.29) is 12.1 Å². The molecule has 100 valence electrons. The van der Waals surface area contributed by atoms with E-state index >= 15 is 0 Å². The molecule has 0 bridgehead atoms. The van der Waals surface area contributed by atoms with Crippen LogP contribution in [0.4, 0.5) is 4.79 Å². The number of nitrogens with zero attached hydrogens (tertiary/aromatic N) is 1. The number of carbonyl (C=O) groups is 1. The molecule has 4 heteroatoms. The monoisotopic (exact) mass is 242 g/mol. The summed E-state index contributed by atoms with van der Waals surface area (Å²) in [5.41, 5.74) is -0.409. The van der Waals surface area contributed by atoms with Gasteiger partial charge < -0.3 is 15.0 Å². The molecule has 0 spiro atoms. The zero-order valence-electron chi connectivity index (χ0n) is 11.6. The van der Waals surface area contributed by atoms with E-state index in [0.717, 1.165) is 25.9 Å². The number of hydrogen-bond donors (Lipinski definition) is 1. The number of nitrogens with one attached hydrogen (secondary N) is 1. The second kappa shape index (κ2) is 6.24. The lowest BCUT2D eigenvalue weighted by atomic mass is 10.1. The standard InChI is InChI=1S/C13H26N2O2/c1-13(2,3)17-12(16)15-9-7-5-6-8-11(15)10-14-4/h11,14H,5-10H2,1-4H3. The summed E-state index contributed by atoms with van der Waals surface area (Å²) in [5, 5.41) is 3.16. The number of ether oxygens (including phenoxy) is 1. The molecule has 1 aliphatic rings. The number of hydrogen-bond acceptors (Lipinski definition) is 3. The molecule has 1 fully saturated rings. The van der Waals surface area contributed by atoms with Gasteiger partial charge >= 0.3 is 6.09 Å². The summed E-state index contributed by atoms with van der Waals surface area (Å²) in [6, 6.07) is 0.275. The Labute approximate surface area is 105 Å². The van der Waals surface area contributed by atoms with Crippen molar-refractivity contribution in [2.75, 3.05) is 20.1 Å². The van der Waals surface area contributed by atoms with E-state index in [2.05, 4.69) is 5.32 Å². The van der Waals surface area contributed by atoms with E-state index in [4.69, 9.17) is 4.74 Å².